The highest BCUT2D eigenvalue weighted by atomic mass is 16.2. The number of likely N-dealkylation sites (N-methyl/N-ethyl adjacent to an activating group) is 1. The lowest BCUT2D eigenvalue weighted by Gasteiger charge is -2.27. The number of rotatable bonds is 2. The van der Waals surface area contributed by atoms with Crippen molar-refractivity contribution in [3.05, 3.63) is 137 Å². The summed E-state index contributed by atoms with van der Waals surface area (Å²) in [5.74, 6) is -0.754. The van der Waals surface area contributed by atoms with Crippen LogP contribution in [0.1, 0.15) is 32.6 Å². The largest absolute Gasteiger partial charge is 0.314 e. The van der Waals surface area contributed by atoms with E-state index in [1.165, 1.54) is 0 Å². The molecule has 5 heteroatoms. The van der Waals surface area contributed by atoms with E-state index in [1.54, 1.807) is 29.0 Å². The molecule has 0 fully saturated rings. The van der Waals surface area contributed by atoms with Crippen molar-refractivity contribution in [3.63, 3.8) is 0 Å². The van der Waals surface area contributed by atoms with E-state index in [-0.39, 0.29) is 23.2 Å². The van der Waals surface area contributed by atoms with Gasteiger partial charge in [-0.05, 0) is 23.3 Å². The Hall–Kier alpha value is -4.77. The molecule has 1 aliphatic carbocycles. The van der Waals surface area contributed by atoms with E-state index < -0.39 is 5.41 Å². The van der Waals surface area contributed by atoms with Crippen LogP contribution >= 0.6 is 0 Å². The molecule has 1 atom stereocenters. The van der Waals surface area contributed by atoms with Crippen LogP contribution in [0.4, 0.5) is 11.4 Å². The van der Waals surface area contributed by atoms with E-state index in [1.807, 2.05) is 91.0 Å². The van der Waals surface area contributed by atoms with Gasteiger partial charge in [0.15, 0.2) is 5.78 Å². The van der Waals surface area contributed by atoms with Crippen molar-refractivity contribution in [2.45, 2.75) is 12.0 Å². The van der Waals surface area contributed by atoms with Crippen LogP contribution in [0.25, 0.3) is 5.57 Å². The molecule has 4 aromatic rings. The van der Waals surface area contributed by atoms with Gasteiger partial charge in [0, 0.05) is 35.0 Å². The first-order valence-corrected chi connectivity index (χ1v) is 12.3. The summed E-state index contributed by atoms with van der Waals surface area (Å²) in [6.07, 6.45) is 0. The molecule has 37 heavy (non-hydrogen) atoms. The highest BCUT2D eigenvalue weighted by Gasteiger charge is 2.62. The molecule has 7 rings (SSSR count). The zero-order valence-electron chi connectivity index (χ0n) is 20.1. The average molecular weight is 483 g/mol. The van der Waals surface area contributed by atoms with Gasteiger partial charge in [-0.2, -0.15) is 0 Å². The number of amides is 2. The maximum Gasteiger partial charge on any atom is 0.259 e. The first-order chi connectivity index (χ1) is 18.0. The first-order valence-electron chi connectivity index (χ1n) is 12.3. The van der Waals surface area contributed by atoms with Crippen molar-refractivity contribution in [3.8, 4) is 0 Å². The maximum atomic E-state index is 14.3. The Balaban J connectivity index is 1.55. The predicted octanol–water partition coefficient (Wildman–Crippen LogP) is 5.15. The molecule has 178 valence electrons. The van der Waals surface area contributed by atoms with Gasteiger partial charge in [-0.3, -0.25) is 14.4 Å². The molecule has 2 aliphatic heterocycles. The van der Waals surface area contributed by atoms with Crippen LogP contribution in [0.2, 0.25) is 0 Å². The van der Waals surface area contributed by atoms with Crippen molar-refractivity contribution in [2.24, 2.45) is 0 Å². The molecule has 0 N–H and O–H groups in total. The fourth-order valence-electron chi connectivity index (χ4n) is 6.25. The first kappa shape index (κ1) is 21.5. The van der Waals surface area contributed by atoms with Crippen molar-refractivity contribution in [1.82, 2.24) is 0 Å². The summed E-state index contributed by atoms with van der Waals surface area (Å²) >= 11 is 0. The molecule has 0 radical (unpaired) electrons. The minimum Gasteiger partial charge on any atom is -0.314 e. The number of hydrogen-bond acceptors (Lipinski definition) is 3. The van der Waals surface area contributed by atoms with Crippen molar-refractivity contribution in [2.75, 3.05) is 16.8 Å². The second-order valence-corrected chi connectivity index (χ2v) is 9.65. The van der Waals surface area contributed by atoms with Gasteiger partial charge in [0.1, 0.15) is 5.41 Å². The third-order valence-corrected chi connectivity index (χ3v) is 7.83. The number of benzene rings is 4. The molecule has 1 unspecified atom stereocenters. The molecular weight excluding hydrogens is 460 g/mol. The molecule has 2 amide bonds. The molecule has 5 nitrogen and oxygen atoms in total. The Bertz CT molecular complexity index is 1690. The summed E-state index contributed by atoms with van der Waals surface area (Å²) in [5, 5.41) is 0. The fraction of sp³-hybridized carbons (Fsp3) is 0.0938. The van der Waals surface area contributed by atoms with Crippen LogP contribution < -0.4 is 9.80 Å². The topological polar surface area (TPSA) is 57.7 Å². The number of para-hydroxylation sites is 2. The summed E-state index contributed by atoms with van der Waals surface area (Å²) < 4.78 is 0. The Kier molecular flexibility index (Phi) is 4.43. The smallest absolute Gasteiger partial charge is 0.259 e. The van der Waals surface area contributed by atoms with Crippen molar-refractivity contribution < 1.29 is 14.4 Å². The third-order valence-electron chi connectivity index (χ3n) is 7.83. The van der Waals surface area contributed by atoms with Gasteiger partial charge >= 0.3 is 0 Å². The van der Waals surface area contributed by atoms with Crippen molar-refractivity contribution >= 4 is 34.5 Å². The van der Waals surface area contributed by atoms with Gasteiger partial charge < -0.3 is 9.80 Å². The lowest BCUT2D eigenvalue weighted by molar-refractivity contribution is -0.120. The second kappa shape index (κ2) is 7.61. The van der Waals surface area contributed by atoms with Crippen LogP contribution in [-0.4, -0.2) is 24.6 Å². The van der Waals surface area contributed by atoms with Gasteiger partial charge in [-0.15, -0.1) is 0 Å². The highest BCUT2D eigenvalue weighted by molar-refractivity contribution is 6.41. The van der Waals surface area contributed by atoms with E-state index in [4.69, 9.17) is 0 Å². The zero-order chi connectivity index (χ0) is 25.3. The number of hydrogen-bond donors (Lipinski definition) is 0. The van der Waals surface area contributed by atoms with Crippen LogP contribution in [0, 0.1) is 0 Å². The van der Waals surface area contributed by atoms with Gasteiger partial charge in [-0.1, -0.05) is 91.0 Å². The summed E-state index contributed by atoms with van der Waals surface area (Å²) in [7, 11) is 1.73. The van der Waals surface area contributed by atoms with Gasteiger partial charge in [-0.25, -0.2) is 0 Å². The Morgan fingerprint density at radius 1 is 0.649 bits per heavy atom. The van der Waals surface area contributed by atoms with Gasteiger partial charge in [0.2, 0.25) is 5.91 Å². The summed E-state index contributed by atoms with van der Waals surface area (Å²) in [6, 6.07) is 32.1. The third kappa shape index (κ3) is 2.66. The standard InChI is InChI=1S/C32H22N2O3/c1-33-26-18-10-8-16-24(26)32(31(33)37)23-15-7-5-13-21(23)29(35)28(32)27-22-14-6-9-17-25(22)34(30(27)36)19-20-11-3-2-4-12-20/h2-18H,19H2,1H3/b28-27-. The number of carbonyl (C=O) groups excluding carboxylic acids is 3. The number of ketones is 1. The number of fused-ring (bicyclic) bond motifs is 5. The molecule has 0 bridgehead atoms. The monoisotopic (exact) mass is 482 g/mol. The minimum atomic E-state index is -1.38. The van der Waals surface area contributed by atoms with Crippen molar-refractivity contribution in [1.29, 1.82) is 0 Å². The van der Waals surface area contributed by atoms with E-state index >= 15 is 0 Å². The molecule has 3 aliphatic rings. The normalized spacial score (nSPS) is 21.6. The minimum absolute atomic E-state index is 0.221. The van der Waals surface area contributed by atoms with Crippen LogP contribution in [0.3, 0.4) is 0 Å². The van der Waals surface area contributed by atoms with Gasteiger partial charge in [0.05, 0.1) is 17.8 Å². The lowest BCUT2D eigenvalue weighted by Crippen LogP contribution is -2.41. The number of nitrogens with zero attached hydrogens (tertiary/aromatic N) is 2. The molecule has 0 aromatic heterocycles. The fourth-order valence-corrected chi connectivity index (χ4v) is 6.25. The summed E-state index contributed by atoms with van der Waals surface area (Å²) in [4.78, 5) is 46.1. The lowest BCUT2D eigenvalue weighted by atomic mass is 9.71. The van der Waals surface area contributed by atoms with Crippen LogP contribution in [-0.2, 0) is 21.5 Å². The molecule has 4 aromatic carbocycles. The van der Waals surface area contributed by atoms with E-state index in [0.717, 1.165) is 22.5 Å². The number of anilines is 2. The zero-order valence-corrected chi connectivity index (χ0v) is 20.1. The maximum absolute atomic E-state index is 14.3. The average Bonchev–Trinajstić information content (AvgIpc) is 3.45. The Morgan fingerprint density at radius 3 is 2.00 bits per heavy atom. The predicted molar refractivity (Wildman–Crippen MR) is 142 cm³/mol. The van der Waals surface area contributed by atoms with E-state index in [0.29, 0.717) is 28.8 Å². The second-order valence-electron chi connectivity index (χ2n) is 9.65. The quantitative estimate of drug-likeness (QED) is 0.372. The van der Waals surface area contributed by atoms with Crippen LogP contribution in [0.15, 0.2) is 109 Å². The van der Waals surface area contributed by atoms with E-state index in [2.05, 4.69) is 0 Å². The molecule has 0 saturated heterocycles. The number of carbonyl (C=O) groups is 3. The molecule has 1 spiro atoms. The van der Waals surface area contributed by atoms with Crippen LogP contribution in [0.5, 0.6) is 0 Å². The summed E-state index contributed by atoms with van der Waals surface area (Å²) in [6.45, 7) is 0.367. The summed E-state index contributed by atoms with van der Waals surface area (Å²) in [5.41, 5.74) is 4.17. The molecular formula is C32H22N2O3. The Morgan fingerprint density at radius 2 is 1.24 bits per heavy atom. The Labute approximate surface area is 214 Å². The van der Waals surface area contributed by atoms with Gasteiger partial charge in [0.25, 0.3) is 5.91 Å². The van der Waals surface area contributed by atoms with E-state index in [9.17, 15) is 14.4 Å². The highest BCUT2D eigenvalue weighted by Crippen LogP contribution is 2.58. The number of Topliss-reactive ketones (excluding diaryl/α,β-unsaturated/α-hetero) is 1. The molecule has 0 saturated carbocycles. The SMILES string of the molecule is CN1C(=O)C2(/C(=C3\C(=O)N(Cc4ccccc4)c4ccccc43)C(=O)c3ccccc32)c2ccccc21. The molecule has 2 heterocycles.